The number of hydrogen-bond donors (Lipinski definition) is 1. The molecule has 0 spiro atoms. The van der Waals surface area contributed by atoms with Crippen molar-refractivity contribution in [3.05, 3.63) is 76.1 Å². The molecule has 3 aromatic rings. The minimum atomic E-state index is -0.327. The van der Waals surface area contributed by atoms with Gasteiger partial charge in [-0.2, -0.15) is 5.26 Å². The summed E-state index contributed by atoms with van der Waals surface area (Å²) in [6.07, 6.45) is 0. The van der Waals surface area contributed by atoms with Crippen molar-refractivity contribution in [1.82, 2.24) is 4.98 Å². The number of nitrogens with one attached hydrogen (secondary N) is 1. The van der Waals surface area contributed by atoms with Gasteiger partial charge in [0.2, 0.25) is 0 Å². The molecule has 1 N–H and O–H groups in total. The van der Waals surface area contributed by atoms with E-state index in [9.17, 15) is 10.1 Å². The molecule has 4 rings (SSSR count). The third-order valence-electron chi connectivity index (χ3n) is 4.02. The van der Waals surface area contributed by atoms with Gasteiger partial charge in [0.25, 0.3) is 5.56 Å². The summed E-state index contributed by atoms with van der Waals surface area (Å²) in [6, 6.07) is 19.8. The number of rotatable bonds is 1. The first kappa shape index (κ1) is 13.9. The van der Waals surface area contributed by atoms with E-state index in [-0.39, 0.29) is 11.1 Å². The lowest BCUT2D eigenvalue weighted by molar-refractivity contribution is 1.15. The average molecular weight is 316 g/mol. The molecule has 4 heteroatoms. The quantitative estimate of drug-likeness (QED) is 0.732. The number of aromatic amines is 1. The van der Waals surface area contributed by atoms with Crippen LogP contribution in [0.1, 0.15) is 11.1 Å². The van der Waals surface area contributed by atoms with Gasteiger partial charge in [-0.1, -0.05) is 48.5 Å². The maximum atomic E-state index is 12.4. The highest BCUT2D eigenvalue weighted by Gasteiger charge is 2.24. The van der Waals surface area contributed by atoms with Gasteiger partial charge in [-0.15, -0.1) is 11.8 Å². The number of hydrogen-bond acceptors (Lipinski definition) is 3. The van der Waals surface area contributed by atoms with Gasteiger partial charge < -0.3 is 4.98 Å². The van der Waals surface area contributed by atoms with E-state index >= 15 is 0 Å². The fourth-order valence-electron chi connectivity index (χ4n) is 2.99. The van der Waals surface area contributed by atoms with Crippen molar-refractivity contribution >= 4 is 11.8 Å². The highest BCUT2D eigenvalue weighted by molar-refractivity contribution is 7.98. The Morgan fingerprint density at radius 3 is 2.57 bits per heavy atom. The molecule has 0 radical (unpaired) electrons. The number of H-pyrrole nitrogens is 1. The first-order valence-electron chi connectivity index (χ1n) is 7.26. The van der Waals surface area contributed by atoms with Crippen LogP contribution in [0.3, 0.4) is 0 Å². The van der Waals surface area contributed by atoms with Crippen LogP contribution in [0.25, 0.3) is 22.4 Å². The first-order chi connectivity index (χ1) is 11.3. The molecule has 0 fully saturated rings. The summed E-state index contributed by atoms with van der Waals surface area (Å²) in [5, 5.41) is 9.48. The Morgan fingerprint density at radius 2 is 1.78 bits per heavy atom. The van der Waals surface area contributed by atoms with Gasteiger partial charge in [-0.25, -0.2) is 0 Å². The zero-order valence-corrected chi connectivity index (χ0v) is 13.0. The zero-order chi connectivity index (χ0) is 15.8. The molecule has 110 valence electrons. The van der Waals surface area contributed by atoms with Crippen molar-refractivity contribution in [3.8, 4) is 28.5 Å². The van der Waals surface area contributed by atoms with Crippen molar-refractivity contribution in [1.29, 1.82) is 5.26 Å². The Hall–Kier alpha value is -2.77. The number of thioether (sulfide) groups is 1. The predicted octanol–water partition coefficient (Wildman–Crippen LogP) is 4.19. The van der Waals surface area contributed by atoms with E-state index in [0.717, 1.165) is 38.6 Å². The average Bonchev–Trinajstić information content (AvgIpc) is 2.61. The summed E-state index contributed by atoms with van der Waals surface area (Å²) < 4.78 is 0. The van der Waals surface area contributed by atoms with Gasteiger partial charge in [0.05, 0.1) is 5.69 Å². The molecule has 23 heavy (non-hydrogen) atoms. The molecule has 0 aliphatic carbocycles. The van der Waals surface area contributed by atoms with Crippen molar-refractivity contribution in [2.75, 3.05) is 0 Å². The predicted molar refractivity (Wildman–Crippen MR) is 92.2 cm³/mol. The van der Waals surface area contributed by atoms with E-state index in [0.29, 0.717) is 0 Å². The van der Waals surface area contributed by atoms with Gasteiger partial charge in [-0.3, -0.25) is 4.79 Å². The van der Waals surface area contributed by atoms with E-state index in [4.69, 9.17) is 0 Å². The van der Waals surface area contributed by atoms with Crippen LogP contribution < -0.4 is 5.56 Å². The van der Waals surface area contributed by atoms with Gasteiger partial charge in [0.15, 0.2) is 0 Å². The number of pyridine rings is 1. The van der Waals surface area contributed by atoms with E-state index in [1.165, 1.54) is 0 Å². The van der Waals surface area contributed by atoms with Crippen LogP contribution in [-0.4, -0.2) is 4.98 Å². The van der Waals surface area contributed by atoms with E-state index in [1.54, 1.807) is 11.8 Å². The third kappa shape index (κ3) is 2.18. The van der Waals surface area contributed by atoms with Crippen LogP contribution in [0.15, 0.2) is 64.3 Å². The van der Waals surface area contributed by atoms with E-state index in [2.05, 4.69) is 17.1 Å². The van der Waals surface area contributed by atoms with Crippen LogP contribution in [0.2, 0.25) is 0 Å². The first-order valence-corrected chi connectivity index (χ1v) is 8.25. The molecule has 2 heterocycles. The fraction of sp³-hybridized carbons (Fsp3) is 0.0526. The maximum Gasteiger partial charge on any atom is 0.266 e. The van der Waals surface area contributed by atoms with Gasteiger partial charge >= 0.3 is 0 Å². The second-order valence-electron chi connectivity index (χ2n) is 5.32. The van der Waals surface area contributed by atoms with Gasteiger partial charge in [0, 0.05) is 21.8 Å². The third-order valence-corrected chi connectivity index (χ3v) is 5.12. The Labute approximate surface area is 137 Å². The zero-order valence-electron chi connectivity index (χ0n) is 12.2. The van der Waals surface area contributed by atoms with Crippen LogP contribution in [0.4, 0.5) is 0 Å². The number of nitriles is 1. The Morgan fingerprint density at radius 1 is 1.04 bits per heavy atom. The highest BCUT2D eigenvalue weighted by Crippen LogP contribution is 2.43. The number of fused-ring (bicyclic) bond motifs is 3. The summed E-state index contributed by atoms with van der Waals surface area (Å²) in [5.74, 6) is 0.738. The molecule has 1 aliphatic rings. The second-order valence-corrected chi connectivity index (χ2v) is 6.34. The normalized spacial score (nSPS) is 12.1. The standard InChI is InChI=1S/C19H12N2OS/c20-10-14-17(12-6-2-1-3-7-12)15-11-23-16-9-5-4-8-13(16)18(15)21-19(14)22/h1-9H,11H2,(H,21,22). The van der Waals surface area contributed by atoms with Crippen LogP contribution >= 0.6 is 11.8 Å². The van der Waals surface area contributed by atoms with E-state index in [1.807, 2.05) is 48.5 Å². The number of nitrogens with zero attached hydrogens (tertiary/aromatic N) is 1. The molecular formula is C19H12N2OS. The topological polar surface area (TPSA) is 56.6 Å². The molecule has 0 amide bonds. The lowest BCUT2D eigenvalue weighted by Gasteiger charge is -2.22. The monoisotopic (exact) mass is 316 g/mol. The number of aromatic nitrogens is 1. The Kier molecular flexibility index (Phi) is 3.29. The van der Waals surface area contributed by atoms with Crippen molar-refractivity contribution < 1.29 is 0 Å². The molecule has 0 atom stereocenters. The molecule has 2 aromatic carbocycles. The summed E-state index contributed by atoms with van der Waals surface area (Å²) in [4.78, 5) is 16.5. The molecule has 0 saturated heterocycles. The molecule has 0 saturated carbocycles. The van der Waals surface area contributed by atoms with Crippen molar-refractivity contribution in [2.24, 2.45) is 0 Å². The number of benzene rings is 2. The van der Waals surface area contributed by atoms with Gasteiger partial charge in [-0.05, 0) is 17.2 Å². The van der Waals surface area contributed by atoms with Crippen LogP contribution in [-0.2, 0) is 5.75 Å². The Balaban J connectivity index is 2.10. The molecule has 3 nitrogen and oxygen atoms in total. The molecular weight excluding hydrogens is 304 g/mol. The molecule has 1 aromatic heterocycles. The van der Waals surface area contributed by atoms with Crippen molar-refractivity contribution in [3.63, 3.8) is 0 Å². The fourth-order valence-corrected chi connectivity index (χ4v) is 4.08. The van der Waals surface area contributed by atoms with Crippen LogP contribution in [0.5, 0.6) is 0 Å². The second kappa shape index (κ2) is 5.45. The minimum absolute atomic E-state index is 0.190. The molecule has 1 aliphatic heterocycles. The SMILES string of the molecule is N#Cc1c(-c2ccccc2)c2c([nH]c1=O)-c1ccccc1SC2. The summed E-state index contributed by atoms with van der Waals surface area (Å²) in [7, 11) is 0. The molecule has 0 unspecified atom stereocenters. The lowest BCUT2D eigenvalue weighted by atomic mass is 9.93. The maximum absolute atomic E-state index is 12.4. The largest absolute Gasteiger partial charge is 0.320 e. The smallest absolute Gasteiger partial charge is 0.266 e. The van der Waals surface area contributed by atoms with Crippen LogP contribution in [0, 0.1) is 11.3 Å². The highest BCUT2D eigenvalue weighted by atomic mass is 32.2. The van der Waals surface area contributed by atoms with Gasteiger partial charge in [0.1, 0.15) is 11.6 Å². The summed E-state index contributed by atoms with van der Waals surface area (Å²) >= 11 is 1.73. The summed E-state index contributed by atoms with van der Waals surface area (Å²) in [5.41, 5.74) is 4.41. The lowest BCUT2D eigenvalue weighted by Crippen LogP contribution is -2.17. The Bertz CT molecular complexity index is 1000. The summed E-state index contributed by atoms with van der Waals surface area (Å²) in [6.45, 7) is 0. The van der Waals surface area contributed by atoms with E-state index < -0.39 is 0 Å². The molecule has 0 bridgehead atoms. The van der Waals surface area contributed by atoms with Crippen molar-refractivity contribution in [2.45, 2.75) is 10.6 Å². The minimum Gasteiger partial charge on any atom is -0.320 e.